The zero-order valence-corrected chi connectivity index (χ0v) is 17.6. The summed E-state index contributed by atoms with van der Waals surface area (Å²) in [5.74, 6) is -2.97. The molecule has 0 saturated carbocycles. The first-order valence-corrected chi connectivity index (χ1v) is 11.2. The van der Waals surface area contributed by atoms with Crippen LogP contribution >= 0.6 is 0 Å². The molecule has 0 spiro atoms. The number of halogens is 3. The first-order chi connectivity index (χ1) is 14.2. The smallest absolute Gasteiger partial charge is 0.573 e. The molecule has 174 valence electrons. The van der Waals surface area contributed by atoms with Gasteiger partial charge in [0.05, 0.1) is 33.6 Å². The molecule has 1 aromatic rings. The number of fused-ring (bicyclic) bond motifs is 2. The number of alkyl halides is 3. The van der Waals surface area contributed by atoms with Crippen LogP contribution in [0.3, 0.4) is 0 Å². The third kappa shape index (κ3) is 6.23. The molecule has 2 aliphatic rings. The fourth-order valence-electron chi connectivity index (χ4n) is 3.97. The summed E-state index contributed by atoms with van der Waals surface area (Å²) in [6.45, 7) is 2.77. The number of benzene rings is 1. The lowest BCUT2D eigenvalue weighted by molar-refractivity contribution is -0.275. The van der Waals surface area contributed by atoms with Gasteiger partial charge >= 0.3 is 12.3 Å². The average molecular weight is 467 g/mol. The Hall–Kier alpha value is -2.05. The highest BCUT2D eigenvalue weighted by Gasteiger charge is 2.49. The highest BCUT2D eigenvalue weighted by Crippen LogP contribution is 2.46. The Morgan fingerprint density at radius 2 is 1.90 bits per heavy atom. The summed E-state index contributed by atoms with van der Waals surface area (Å²) in [5, 5.41) is 0. The Labute approximate surface area is 177 Å². The van der Waals surface area contributed by atoms with E-state index in [-0.39, 0.29) is 29.4 Å². The molecule has 2 heterocycles. The van der Waals surface area contributed by atoms with Gasteiger partial charge in [-0.15, -0.1) is 13.2 Å². The second kappa shape index (κ2) is 8.47. The molecule has 0 N–H and O–H groups in total. The van der Waals surface area contributed by atoms with E-state index in [1.807, 2.05) is 0 Å². The highest BCUT2D eigenvalue weighted by molar-refractivity contribution is 7.85. The van der Waals surface area contributed by atoms with Gasteiger partial charge in [-0.1, -0.05) is 0 Å². The van der Waals surface area contributed by atoms with Gasteiger partial charge in [0, 0.05) is 5.92 Å². The molecule has 2 bridgehead atoms. The van der Waals surface area contributed by atoms with Crippen molar-refractivity contribution in [2.45, 2.75) is 57.3 Å². The van der Waals surface area contributed by atoms with Gasteiger partial charge in [0.25, 0.3) is 0 Å². The molecule has 8 nitrogen and oxygen atoms in total. The summed E-state index contributed by atoms with van der Waals surface area (Å²) < 4.78 is 90.8. The van der Waals surface area contributed by atoms with Gasteiger partial charge in [0.1, 0.15) is 12.2 Å². The molecule has 12 heteroatoms. The monoisotopic (exact) mass is 467 g/mol. The molecular formula is C19H22F3O8S-. The number of esters is 1. The van der Waals surface area contributed by atoms with Crippen LogP contribution in [0.1, 0.15) is 43.5 Å². The summed E-state index contributed by atoms with van der Waals surface area (Å²) >= 11 is 0. The second-order valence-corrected chi connectivity index (χ2v) is 9.55. The zero-order valence-electron chi connectivity index (χ0n) is 16.8. The van der Waals surface area contributed by atoms with Crippen molar-refractivity contribution < 1.29 is 49.9 Å². The zero-order chi connectivity index (χ0) is 23.0. The summed E-state index contributed by atoms with van der Waals surface area (Å²) in [4.78, 5) is 12.1. The fourth-order valence-corrected chi connectivity index (χ4v) is 4.26. The molecule has 3 atom stereocenters. The van der Waals surface area contributed by atoms with Crippen LogP contribution in [-0.4, -0.2) is 55.5 Å². The van der Waals surface area contributed by atoms with Crippen LogP contribution in [0.25, 0.3) is 0 Å². The van der Waals surface area contributed by atoms with E-state index < -0.39 is 46.2 Å². The number of hydrogen-bond donors (Lipinski definition) is 0. The summed E-state index contributed by atoms with van der Waals surface area (Å²) in [6, 6.07) is 2.97. The molecule has 0 amide bonds. The summed E-state index contributed by atoms with van der Waals surface area (Å²) in [7, 11) is -4.58. The predicted molar refractivity (Wildman–Crippen MR) is 98.7 cm³/mol. The lowest BCUT2D eigenvalue weighted by Gasteiger charge is -2.36. The molecule has 0 radical (unpaired) electrons. The third-order valence-corrected chi connectivity index (χ3v) is 6.01. The minimum absolute atomic E-state index is 0.0610. The molecule has 31 heavy (non-hydrogen) atoms. The maximum atomic E-state index is 12.8. The van der Waals surface area contributed by atoms with Gasteiger partial charge in [0.2, 0.25) is 0 Å². The van der Waals surface area contributed by atoms with Crippen LogP contribution in [0.2, 0.25) is 0 Å². The molecule has 3 unspecified atom stereocenters. The van der Waals surface area contributed by atoms with Gasteiger partial charge in [-0.05, 0) is 51.3 Å². The van der Waals surface area contributed by atoms with E-state index in [0.717, 1.165) is 31.0 Å². The van der Waals surface area contributed by atoms with Crippen molar-refractivity contribution in [3.05, 3.63) is 23.8 Å². The molecular weight excluding hydrogens is 445 g/mol. The molecule has 2 fully saturated rings. The number of rotatable bonds is 8. The highest BCUT2D eigenvalue weighted by atomic mass is 32.2. The van der Waals surface area contributed by atoms with Crippen LogP contribution < -0.4 is 9.47 Å². The van der Waals surface area contributed by atoms with Crippen molar-refractivity contribution in [3.8, 4) is 11.5 Å². The average Bonchev–Trinajstić information content (AvgIpc) is 3.24. The lowest BCUT2D eigenvalue weighted by atomic mass is 9.78. The Kier molecular flexibility index (Phi) is 6.45. The predicted octanol–water partition coefficient (Wildman–Crippen LogP) is 3.01. The first-order valence-electron chi connectivity index (χ1n) is 9.58. The van der Waals surface area contributed by atoms with E-state index in [0.29, 0.717) is 6.42 Å². The minimum Gasteiger partial charge on any atom is -0.748 e. The molecule has 0 aliphatic carbocycles. The van der Waals surface area contributed by atoms with E-state index in [9.17, 15) is 30.9 Å². The second-order valence-electron chi connectivity index (χ2n) is 8.03. The number of carbonyl (C=O) groups excluding carboxylic acids is 1. The molecule has 2 saturated heterocycles. The first kappa shape index (κ1) is 23.6. The molecule has 0 aromatic heterocycles. The van der Waals surface area contributed by atoms with Crippen LogP contribution in [0.5, 0.6) is 11.5 Å². The van der Waals surface area contributed by atoms with Crippen molar-refractivity contribution in [2.75, 3.05) is 12.4 Å². The van der Waals surface area contributed by atoms with Crippen molar-refractivity contribution in [1.29, 1.82) is 0 Å². The van der Waals surface area contributed by atoms with Gasteiger partial charge < -0.3 is 23.5 Å². The van der Waals surface area contributed by atoms with Gasteiger partial charge in [0.15, 0.2) is 11.5 Å². The van der Waals surface area contributed by atoms with Crippen LogP contribution in [0, 0.1) is 5.92 Å². The lowest BCUT2D eigenvalue weighted by Crippen LogP contribution is -2.42. The van der Waals surface area contributed by atoms with Gasteiger partial charge in [-0.2, -0.15) is 0 Å². The van der Waals surface area contributed by atoms with Crippen LogP contribution in [-0.2, 0) is 19.6 Å². The maximum absolute atomic E-state index is 12.8. The van der Waals surface area contributed by atoms with E-state index in [1.165, 1.54) is 0 Å². The quantitative estimate of drug-likeness (QED) is 0.424. The van der Waals surface area contributed by atoms with E-state index >= 15 is 0 Å². The summed E-state index contributed by atoms with van der Waals surface area (Å²) in [6.07, 6.45) is -2.47. The van der Waals surface area contributed by atoms with Crippen molar-refractivity contribution in [2.24, 2.45) is 5.92 Å². The Bertz CT molecular complexity index is 929. The van der Waals surface area contributed by atoms with Crippen LogP contribution in [0.15, 0.2) is 18.2 Å². The largest absolute Gasteiger partial charge is 0.748 e. The van der Waals surface area contributed by atoms with Crippen molar-refractivity contribution in [1.82, 2.24) is 0 Å². The Morgan fingerprint density at radius 3 is 2.45 bits per heavy atom. The molecule has 2 aliphatic heterocycles. The van der Waals surface area contributed by atoms with Gasteiger partial charge in [-0.3, -0.25) is 0 Å². The van der Waals surface area contributed by atoms with E-state index in [1.54, 1.807) is 13.8 Å². The standard InChI is InChI=1S/C19H23F3O8S/c1-18(2,13-10-12-4-6-14(13)28-12)29-16-9-11(3-5-15(16)30-19(20,21)22)17(23)27-7-8-31(24,25)26/h3,5,9,12-14H,4,6-8,10H2,1-2H3,(H,24,25,26)/p-1. The van der Waals surface area contributed by atoms with Crippen molar-refractivity contribution in [3.63, 3.8) is 0 Å². The topological polar surface area (TPSA) is 111 Å². The molecule has 3 rings (SSSR count). The number of carbonyl (C=O) groups is 1. The van der Waals surface area contributed by atoms with Crippen molar-refractivity contribution >= 4 is 16.1 Å². The Balaban J connectivity index is 1.81. The SMILES string of the molecule is CC(C)(Oc1cc(C(=O)OCCS(=O)(=O)[O-])ccc1OC(F)(F)F)C1CC2CCC1O2. The Morgan fingerprint density at radius 1 is 1.19 bits per heavy atom. The third-order valence-electron chi connectivity index (χ3n) is 5.34. The minimum atomic E-state index is -4.98. The number of hydrogen-bond acceptors (Lipinski definition) is 8. The molecule has 1 aromatic carbocycles. The van der Waals surface area contributed by atoms with Gasteiger partial charge in [-0.25, -0.2) is 13.2 Å². The van der Waals surface area contributed by atoms with E-state index in [4.69, 9.17) is 14.2 Å². The normalized spacial score (nSPS) is 23.6. The summed E-state index contributed by atoms with van der Waals surface area (Å²) in [5.41, 5.74) is -1.12. The maximum Gasteiger partial charge on any atom is 0.573 e. The van der Waals surface area contributed by atoms with E-state index in [2.05, 4.69) is 4.74 Å². The van der Waals surface area contributed by atoms with Crippen LogP contribution in [0.4, 0.5) is 13.2 Å². The number of ether oxygens (including phenoxy) is 4. The fraction of sp³-hybridized carbons (Fsp3) is 0.632.